The molecule has 0 atom stereocenters. The predicted molar refractivity (Wildman–Crippen MR) is 103 cm³/mol. The highest BCUT2D eigenvalue weighted by molar-refractivity contribution is 7.22. The topological polar surface area (TPSA) is 48.8 Å². The summed E-state index contributed by atoms with van der Waals surface area (Å²) in [7, 11) is 0. The molecular weight excluding hydrogens is 389 g/mol. The zero-order valence-corrected chi connectivity index (χ0v) is 16.1. The van der Waals surface area contributed by atoms with Gasteiger partial charge in [0.1, 0.15) is 0 Å². The van der Waals surface area contributed by atoms with Gasteiger partial charge in [-0.1, -0.05) is 30.4 Å². The molecule has 1 amide bonds. The van der Waals surface area contributed by atoms with Crippen LogP contribution in [0.1, 0.15) is 32.6 Å². The number of hydrogen-bond donors (Lipinski definition) is 0. The second-order valence-electron chi connectivity index (χ2n) is 6.75. The maximum Gasteiger partial charge on any atom is 0.436 e. The molecule has 0 radical (unpaired) electrons. The molecule has 3 heterocycles. The quantitative estimate of drug-likeness (QED) is 0.691. The van der Waals surface area contributed by atoms with E-state index in [1.165, 1.54) is 0 Å². The Morgan fingerprint density at radius 1 is 1.18 bits per heavy atom. The van der Waals surface area contributed by atoms with E-state index in [1.807, 2.05) is 17.0 Å². The van der Waals surface area contributed by atoms with Crippen LogP contribution < -0.4 is 5.01 Å². The highest BCUT2D eigenvalue weighted by atomic mass is 32.1. The van der Waals surface area contributed by atoms with Crippen molar-refractivity contribution < 1.29 is 18.0 Å². The van der Waals surface area contributed by atoms with E-state index in [-0.39, 0.29) is 10.7 Å². The molecule has 1 aromatic heterocycles. The number of alkyl halides is 3. The minimum Gasteiger partial charge on any atom is -0.374 e. The Bertz CT molecular complexity index is 940. The van der Waals surface area contributed by atoms with Crippen LogP contribution in [0, 0.1) is 0 Å². The Labute approximate surface area is 164 Å². The van der Waals surface area contributed by atoms with Crippen LogP contribution in [0.2, 0.25) is 0 Å². The van der Waals surface area contributed by atoms with Crippen LogP contribution in [0.4, 0.5) is 18.3 Å². The van der Waals surface area contributed by atoms with Gasteiger partial charge in [-0.25, -0.2) is 4.98 Å². The molecule has 0 saturated carbocycles. The number of hydrazone groups is 1. The number of hydrogen-bond acceptors (Lipinski definition) is 5. The van der Waals surface area contributed by atoms with Crippen molar-refractivity contribution in [1.82, 2.24) is 9.88 Å². The zero-order valence-electron chi connectivity index (χ0n) is 15.3. The van der Waals surface area contributed by atoms with Crippen molar-refractivity contribution >= 4 is 38.3 Å². The molecule has 1 fully saturated rings. The SMILES string of the molecule is CC/C(=C1\C(=O)N(c2nc3ccccc3s2)N=C1C(F)(F)F)N1CCCCC1. The summed E-state index contributed by atoms with van der Waals surface area (Å²) in [6, 6.07) is 7.18. The number of carbonyl (C=O) groups excluding carboxylic acids is 1. The lowest BCUT2D eigenvalue weighted by Gasteiger charge is -2.32. The van der Waals surface area contributed by atoms with Crippen molar-refractivity contribution in [2.75, 3.05) is 18.1 Å². The van der Waals surface area contributed by atoms with Crippen LogP contribution in [-0.4, -0.2) is 40.8 Å². The van der Waals surface area contributed by atoms with E-state index in [4.69, 9.17) is 0 Å². The van der Waals surface area contributed by atoms with Crippen molar-refractivity contribution in [1.29, 1.82) is 0 Å². The van der Waals surface area contributed by atoms with Gasteiger partial charge in [0, 0.05) is 18.8 Å². The lowest BCUT2D eigenvalue weighted by atomic mass is 10.0. The summed E-state index contributed by atoms with van der Waals surface area (Å²) in [5, 5.41) is 4.65. The van der Waals surface area contributed by atoms with E-state index >= 15 is 0 Å². The number of rotatable bonds is 3. The first kappa shape index (κ1) is 18.9. The highest BCUT2D eigenvalue weighted by Crippen LogP contribution is 2.37. The van der Waals surface area contributed by atoms with E-state index in [0.29, 0.717) is 30.7 Å². The molecule has 0 aliphatic carbocycles. The van der Waals surface area contributed by atoms with Gasteiger partial charge in [-0.2, -0.15) is 23.3 Å². The van der Waals surface area contributed by atoms with Crippen LogP contribution in [0.25, 0.3) is 10.2 Å². The average molecular weight is 408 g/mol. The van der Waals surface area contributed by atoms with Gasteiger partial charge in [-0.3, -0.25) is 4.79 Å². The Kier molecular flexibility index (Phi) is 4.86. The smallest absolute Gasteiger partial charge is 0.374 e. The molecule has 2 aliphatic heterocycles. The number of fused-ring (bicyclic) bond motifs is 1. The number of anilines is 1. The molecule has 0 spiro atoms. The van der Waals surface area contributed by atoms with E-state index in [0.717, 1.165) is 40.3 Å². The van der Waals surface area contributed by atoms with E-state index < -0.39 is 17.8 Å². The fourth-order valence-corrected chi connectivity index (χ4v) is 4.58. The van der Waals surface area contributed by atoms with Crippen LogP contribution in [0.15, 0.2) is 40.6 Å². The van der Waals surface area contributed by atoms with Gasteiger partial charge in [0.05, 0.1) is 15.8 Å². The number of carbonyl (C=O) groups is 1. The fourth-order valence-electron chi connectivity index (χ4n) is 3.66. The molecule has 0 unspecified atom stereocenters. The first-order chi connectivity index (χ1) is 13.4. The third-order valence-electron chi connectivity index (χ3n) is 4.94. The number of para-hydroxylation sites is 1. The van der Waals surface area contributed by atoms with Crippen LogP contribution in [0.5, 0.6) is 0 Å². The minimum atomic E-state index is -4.72. The number of allylic oxidation sites excluding steroid dienone is 1. The first-order valence-electron chi connectivity index (χ1n) is 9.24. The summed E-state index contributed by atoms with van der Waals surface area (Å²) in [5.41, 5.74) is -0.414. The normalized spacial score (nSPS) is 20.1. The molecule has 148 valence electrons. The van der Waals surface area contributed by atoms with Crippen molar-refractivity contribution in [3.63, 3.8) is 0 Å². The zero-order chi connectivity index (χ0) is 19.9. The molecule has 28 heavy (non-hydrogen) atoms. The number of benzene rings is 1. The Hall–Kier alpha value is -2.42. The summed E-state index contributed by atoms with van der Waals surface area (Å²) >= 11 is 1.15. The molecule has 0 N–H and O–H groups in total. The molecule has 0 bridgehead atoms. The number of nitrogens with zero attached hydrogens (tertiary/aromatic N) is 4. The van der Waals surface area contributed by atoms with E-state index in [2.05, 4.69) is 10.1 Å². The maximum atomic E-state index is 13.8. The molecule has 2 aromatic rings. The molecule has 1 saturated heterocycles. The first-order valence-corrected chi connectivity index (χ1v) is 10.1. The molecule has 5 nitrogen and oxygen atoms in total. The molecule has 1 aromatic carbocycles. The van der Waals surface area contributed by atoms with Gasteiger partial charge in [-0.15, -0.1) is 0 Å². The lowest BCUT2D eigenvalue weighted by Crippen LogP contribution is -2.35. The monoisotopic (exact) mass is 408 g/mol. The largest absolute Gasteiger partial charge is 0.436 e. The van der Waals surface area contributed by atoms with Gasteiger partial charge in [0.25, 0.3) is 5.91 Å². The number of aromatic nitrogens is 1. The average Bonchev–Trinajstić information content (AvgIpc) is 3.25. The van der Waals surface area contributed by atoms with Gasteiger partial charge in [0.15, 0.2) is 5.71 Å². The maximum absolute atomic E-state index is 13.8. The summed E-state index contributed by atoms with van der Waals surface area (Å²) in [6.45, 7) is 3.09. The standard InChI is InChI=1S/C19H19F3N4OS/c1-2-13(25-10-6-3-7-11-25)15-16(19(20,21)22)24-26(17(15)27)18-23-12-8-4-5-9-14(12)28-18/h4-5,8-9H,2-3,6-7,10-11H2,1H3/b15-13+. The molecular formula is C19H19F3N4OS. The van der Waals surface area contributed by atoms with Crippen LogP contribution in [-0.2, 0) is 4.79 Å². The molecule has 2 aliphatic rings. The Morgan fingerprint density at radius 2 is 1.89 bits per heavy atom. The predicted octanol–water partition coefficient (Wildman–Crippen LogP) is 4.71. The van der Waals surface area contributed by atoms with Gasteiger partial charge in [-0.05, 0) is 37.8 Å². The Balaban J connectivity index is 1.81. The third kappa shape index (κ3) is 3.28. The highest BCUT2D eigenvalue weighted by Gasteiger charge is 2.49. The van der Waals surface area contributed by atoms with Crippen molar-refractivity contribution in [3.05, 3.63) is 35.5 Å². The fraction of sp³-hybridized carbons (Fsp3) is 0.421. The van der Waals surface area contributed by atoms with E-state index in [1.54, 1.807) is 19.1 Å². The second kappa shape index (κ2) is 7.20. The lowest BCUT2D eigenvalue weighted by molar-refractivity contribution is -0.114. The van der Waals surface area contributed by atoms with Gasteiger partial charge < -0.3 is 4.90 Å². The number of halogens is 3. The number of likely N-dealkylation sites (tertiary alicyclic amines) is 1. The van der Waals surface area contributed by atoms with Crippen molar-refractivity contribution in [2.24, 2.45) is 5.10 Å². The summed E-state index contributed by atoms with van der Waals surface area (Å²) in [5.74, 6) is -0.756. The molecule has 4 rings (SSSR count). The summed E-state index contributed by atoms with van der Waals surface area (Å²) < 4.78 is 42.1. The second-order valence-corrected chi connectivity index (χ2v) is 7.76. The van der Waals surface area contributed by atoms with Crippen molar-refractivity contribution in [3.8, 4) is 0 Å². The summed E-state index contributed by atoms with van der Waals surface area (Å²) in [4.78, 5) is 19.3. The summed E-state index contributed by atoms with van der Waals surface area (Å²) in [6.07, 6.45) is -1.51. The Morgan fingerprint density at radius 3 is 2.54 bits per heavy atom. The minimum absolute atomic E-state index is 0.150. The van der Waals surface area contributed by atoms with Crippen LogP contribution >= 0.6 is 11.3 Å². The van der Waals surface area contributed by atoms with Gasteiger partial charge >= 0.3 is 6.18 Å². The number of thiazole rings is 1. The number of amides is 1. The van der Waals surface area contributed by atoms with Gasteiger partial charge in [0.2, 0.25) is 5.13 Å². The van der Waals surface area contributed by atoms with E-state index in [9.17, 15) is 18.0 Å². The van der Waals surface area contributed by atoms with Crippen molar-refractivity contribution in [2.45, 2.75) is 38.8 Å². The third-order valence-corrected chi connectivity index (χ3v) is 5.95. The van der Waals surface area contributed by atoms with Crippen LogP contribution in [0.3, 0.4) is 0 Å². The number of piperidine rings is 1. The molecule has 9 heteroatoms.